The molecule has 0 spiro atoms. The highest BCUT2D eigenvalue weighted by atomic mass is 15.3. The van der Waals surface area contributed by atoms with Gasteiger partial charge in [-0.3, -0.25) is 4.68 Å². The molecule has 0 saturated heterocycles. The highest BCUT2D eigenvalue weighted by Gasteiger charge is 2.23. The third-order valence-electron chi connectivity index (χ3n) is 4.79. The van der Waals surface area contributed by atoms with Gasteiger partial charge in [0.2, 0.25) is 0 Å². The van der Waals surface area contributed by atoms with Gasteiger partial charge in [-0.15, -0.1) is 0 Å². The molecule has 3 rings (SSSR count). The number of hydrogen-bond donors (Lipinski definition) is 1. The van der Waals surface area contributed by atoms with E-state index in [0.29, 0.717) is 6.04 Å². The van der Waals surface area contributed by atoms with E-state index in [9.17, 15) is 0 Å². The van der Waals surface area contributed by atoms with Crippen LogP contribution in [0.4, 0.5) is 0 Å². The van der Waals surface area contributed by atoms with Gasteiger partial charge in [-0.05, 0) is 38.1 Å². The van der Waals surface area contributed by atoms with E-state index in [-0.39, 0.29) is 0 Å². The zero-order valence-corrected chi connectivity index (χ0v) is 11.5. The van der Waals surface area contributed by atoms with Crippen LogP contribution < -0.4 is 5.32 Å². The fourth-order valence-corrected chi connectivity index (χ4v) is 3.68. The number of aryl methyl sites for hydroxylation is 1. The van der Waals surface area contributed by atoms with Crippen LogP contribution in [-0.4, -0.2) is 16.3 Å². The molecule has 1 aromatic heterocycles. The van der Waals surface area contributed by atoms with Crippen LogP contribution in [0, 0.1) is 5.92 Å². The van der Waals surface area contributed by atoms with Crippen molar-refractivity contribution in [2.45, 2.75) is 57.4 Å². The summed E-state index contributed by atoms with van der Waals surface area (Å²) in [5, 5.41) is 8.18. The van der Waals surface area contributed by atoms with Crippen molar-refractivity contribution in [1.82, 2.24) is 15.1 Å². The van der Waals surface area contributed by atoms with Crippen molar-refractivity contribution in [2.75, 3.05) is 6.54 Å². The molecule has 0 aliphatic heterocycles. The predicted molar refractivity (Wildman–Crippen MR) is 73.5 cm³/mol. The third-order valence-corrected chi connectivity index (χ3v) is 4.79. The first kappa shape index (κ1) is 12.2. The quantitative estimate of drug-likeness (QED) is 0.886. The van der Waals surface area contributed by atoms with Crippen molar-refractivity contribution in [3.8, 4) is 0 Å². The van der Waals surface area contributed by atoms with Gasteiger partial charge in [-0.25, -0.2) is 0 Å². The van der Waals surface area contributed by atoms with Gasteiger partial charge in [-0.2, -0.15) is 5.10 Å². The first-order valence-electron chi connectivity index (χ1n) is 7.59. The lowest BCUT2D eigenvalue weighted by Gasteiger charge is -2.24. The Morgan fingerprint density at radius 2 is 2.11 bits per heavy atom. The summed E-state index contributed by atoms with van der Waals surface area (Å²) in [7, 11) is 2.07. The minimum Gasteiger partial charge on any atom is -0.310 e. The summed E-state index contributed by atoms with van der Waals surface area (Å²) in [6, 6.07) is 0.559. The third kappa shape index (κ3) is 2.46. The molecule has 1 heterocycles. The normalized spacial score (nSPS) is 24.4. The molecule has 3 nitrogen and oxygen atoms in total. The van der Waals surface area contributed by atoms with Crippen molar-refractivity contribution in [1.29, 1.82) is 0 Å². The van der Waals surface area contributed by atoms with Crippen LogP contribution in [0.2, 0.25) is 0 Å². The van der Waals surface area contributed by atoms with E-state index in [4.69, 9.17) is 0 Å². The van der Waals surface area contributed by atoms with Crippen LogP contribution in [0.5, 0.6) is 0 Å². The van der Waals surface area contributed by atoms with E-state index >= 15 is 0 Å². The first-order chi connectivity index (χ1) is 8.84. The lowest BCUT2D eigenvalue weighted by Crippen LogP contribution is -2.27. The molecular formula is C15H25N3. The van der Waals surface area contributed by atoms with E-state index < -0.39 is 0 Å². The minimum atomic E-state index is 0.559. The molecule has 0 aromatic carbocycles. The van der Waals surface area contributed by atoms with Crippen LogP contribution in [0.25, 0.3) is 0 Å². The average molecular weight is 247 g/mol. The van der Waals surface area contributed by atoms with Gasteiger partial charge in [0.05, 0.1) is 6.20 Å². The van der Waals surface area contributed by atoms with Gasteiger partial charge in [-0.1, -0.05) is 25.7 Å². The number of fused-ring (bicyclic) bond motifs is 1. The van der Waals surface area contributed by atoms with Crippen molar-refractivity contribution in [3.05, 3.63) is 17.5 Å². The van der Waals surface area contributed by atoms with Crippen molar-refractivity contribution in [2.24, 2.45) is 13.0 Å². The summed E-state index contributed by atoms with van der Waals surface area (Å²) in [5.74, 6) is 0.995. The number of rotatable bonds is 4. The maximum Gasteiger partial charge on any atom is 0.0540 e. The molecule has 2 aliphatic carbocycles. The molecule has 1 unspecified atom stereocenters. The highest BCUT2D eigenvalue weighted by molar-refractivity contribution is 5.24. The standard InChI is InChI=1S/C15H25N3/c1-18-15-8-4-7-14(13(15)11-17-18)16-10-9-12-5-2-3-6-12/h11-12,14,16H,2-10H2,1H3. The highest BCUT2D eigenvalue weighted by Crippen LogP contribution is 2.30. The largest absolute Gasteiger partial charge is 0.310 e. The topological polar surface area (TPSA) is 29.9 Å². The minimum absolute atomic E-state index is 0.559. The van der Waals surface area contributed by atoms with Crippen LogP contribution >= 0.6 is 0 Å². The van der Waals surface area contributed by atoms with Crippen LogP contribution in [0.15, 0.2) is 6.20 Å². The van der Waals surface area contributed by atoms with E-state index in [0.717, 1.165) is 5.92 Å². The summed E-state index contributed by atoms with van der Waals surface area (Å²) in [4.78, 5) is 0. The molecule has 2 aliphatic rings. The van der Waals surface area contributed by atoms with Crippen molar-refractivity contribution in [3.63, 3.8) is 0 Å². The SMILES string of the molecule is Cn1ncc2c1CCCC2NCCC1CCCC1. The van der Waals surface area contributed by atoms with Gasteiger partial charge in [0.25, 0.3) is 0 Å². The summed E-state index contributed by atoms with van der Waals surface area (Å²) in [5.41, 5.74) is 2.90. The summed E-state index contributed by atoms with van der Waals surface area (Å²) < 4.78 is 2.06. The summed E-state index contributed by atoms with van der Waals surface area (Å²) in [6.07, 6.45) is 13.1. The number of hydrogen-bond acceptors (Lipinski definition) is 2. The van der Waals surface area contributed by atoms with Gasteiger partial charge in [0, 0.05) is 24.3 Å². The van der Waals surface area contributed by atoms with E-state index in [1.54, 1.807) is 0 Å². The Balaban J connectivity index is 1.54. The average Bonchev–Trinajstić information content (AvgIpc) is 3.01. The fraction of sp³-hybridized carbons (Fsp3) is 0.800. The predicted octanol–water partition coefficient (Wildman–Crippen LogP) is 2.97. The molecule has 1 saturated carbocycles. The Morgan fingerprint density at radius 1 is 1.28 bits per heavy atom. The Bertz CT molecular complexity index is 390. The molecule has 1 fully saturated rings. The molecule has 1 N–H and O–H groups in total. The first-order valence-corrected chi connectivity index (χ1v) is 7.59. The Kier molecular flexibility index (Phi) is 3.69. The summed E-state index contributed by atoms with van der Waals surface area (Å²) in [6.45, 7) is 1.18. The molecule has 0 bridgehead atoms. The van der Waals surface area contributed by atoms with Gasteiger partial charge in [0.1, 0.15) is 0 Å². The van der Waals surface area contributed by atoms with Crippen LogP contribution in [0.1, 0.15) is 62.2 Å². The molecule has 0 radical (unpaired) electrons. The lowest BCUT2D eigenvalue weighted by molar-refractivity contribution is 0.411. The fourth-order valence-electron chi connectivity index (χ4n) is 3.68. The van der Waals surface area contributed by atoms with Crippen LogP contribution in [-0.2, 0) is 13.5 Å². The van der Waals surface area contributed by atoms with E-state index in [1.165, 1.54) is 69.2 Å². The maximum atomic E-state index is 4.41. The molecule has 0 amide bonds. The molecule has 1 atom stereocenters. The monoisotopic (exact) mass is 247 g/mol. The van der Waals surface area contributed by atoms with Crippen LogP contribution in [0.3, 0.4) is 0 Å². The number of nitrogens with zero attached hydrogens (tertiary/aromatic N) is 2. The number of aromatic nitrogens is 2. The second-order valence-electron chi connectivity index (χ2n) is 6.01. The zero-order valence-electron chi connectivity index (χ0n) is 11.5. The Labute approximate surface area is 110 Å². The van der Waals surface area contributed by atoms with Crippen molar-refractivity contribution < 1.29 is 0 Å². The smallest absolute Gasteiger partial charge is 0.0540 e. The molecular weight excluding hydrogens is 222 g/mol. The van der Waals surface area contributed by atoms with Gasteiger partial charge >= 0.3 is 0 Å². The van der Waals surface area contributed by atoms with Crippen molar-refractivity contribution >= 4 is 0 Å². The second-order valence-corrected chi connectivity index (χ2v) is 6.01. The molecule has 3 heteroatoms. The van der Waals surface area contributed by atoms with E-state index in [2.05, 4.69) is 28.3 Å². The Morgan fingerprint density at radius 3 is 2.94 bits per heavy atom. The summed E-state index contributed by atoms with van der Waals surface area (Å²) >= 11 is 0. The Hall–Kier alpha value is -0.830. The molecule has 100 valence electrons. The zero-order chi connectivity index (χ0) is 12.4. The van der Waals surface area contributed by atoms with Gasteiger partial charge < -0.3 is 5.32 Å². The maximum absolute atomic E-state index is 4.41. The number of nitrogens with one attached hydrogen (secondary N) is 1. The molecule has 1 aromatic rings. The molecule has 18 heavy (non-hydrogen) atoms. The lowest BCUT2D eigenvalue weighted by atomic mass is 9.92. The van der Waals surface area contributed by atoms with E-state index in [1.807, 2.05) is 0 Å². The van der Waals surface area contributed by atoms with Gasteiger partial charge in [0.15, 0.2) is 0 Å². The second kappa shape index (κ2) is 5.43.